The number of thioether (sulfide) groups is 1. The third-order valence-corrected chi connectivity index (χ3v) is 6.45. The highest BCUT2D eigenvalue weighted by Gasteiger charge is 2.25. The summed E-state index contributed by atoms with van der Waals surface area (Å²) < 4.78 is 59.2. The van der Waals surface area contributed by atoms with Crippen molar-refractivity contribution < 1.29 is 27.0 Å². The molecule has 3 heterocycles. The molecule has 2 aromatic heterocycles. The molecule has 0 radical (unpaired) electrons. The van der Waals surface area contributed by atoms with Crippen molar-refractivity contribution in [3.05, 3.63) is 24.3 Å². The normalized spacial score (nSPS) is 16.1. The van der Waals surface area contributed by atoms with E-state index in [-0.39, 0.29) is 21.9 Å². The van der Waals surface area contributed by atoms with Gasteiger partial charge in [-0.3, -0.25) is 15.2 Å². The zero-order valence-corrected chi connectivity index (χ0v) is 19.1. The van der Waals surface area contributed by atoms with E-state index in [1.54, 1.807) is 13.2 Å². The van der Waals surface area contributed by atoms with Gasteiger partial charge in [0.1, 0.15) is 10.1 Å². The zero-order valence-electron chi connectivity index (χ0n) is 17.4. The first kappa shape index (κ1) is 24.7. The van der Waals surface area contributed by atoms with Crippen molar-refractivity contribution >= 4 is 44.1 Å². The Balaban J connectivity index is 1.82. The Labute approximate surface area is 190 Å². The quantitative estimate of drug-likeness (QED) is 0.214. The summed E-state index contributed by atoms with van der Waals surface area (Å²) >= 11 is -1.99. The third-order valence-electron chi connectivity index (χ3n) is 5.04. The van der Waals surface area contributed by atoms with Crippen molar-refractivity contribution in [2.24, 2.45) is 0 Å². The number of nitrogens with one attached hydrogen (secondary N) is 2. The van der Waals surface area contributed by atoms with Crippen molar-refractivity contribution in [3.63, 3.8) is 0 Å². The van der Waals surface area contributed by atoms with Gasteiger partial charge in [0.15, 0.2) is 16.9 Å². The molecule has 3 N–H and O–H groups in total. The highest BCUT2D eigenvalue weighted by atomic mass is 32.2. The molecule has 0 aromatic carbocycles. The molecule has 32 heavy (non-hydrogen) atoms. The number of hydrogen-bond acceptors (Lipinski definition) is 8. The lowest BCUT2D eigenvalue weighted by Gasteiger charge is -2.34. The fraction of sp³-hybridized carbons (Fsp3) is 0.526. The second-order valence-corrected chi connectivity index (χ2v) is 9.17. The van der Waals surface area contributed by atoms with Crippen molar-refractivity contribution in [3.8, 4) is 0 Å². The number of alkyl halides is 2. The van der Waals surface area contributed by atoms with Crippen molar-refractivity contribution in [1.82, 2.24) is 9.38 Å². The molecule has 0 amide bonds. The van der Waals surface area contributed by atoms with Crippen LogP contribution in [-0.2, 0) is 20.6 Å². The van der Waals surface area contributed by atoms with Crippen molar-refractivity contribution in [2.75, 3.05) is 38.3 Å². The molecule has 0 aliphatic carbocycles. The summed E-state index contributed by atoms with van der Waals surface area (Å²) in [5, 5.41) is 14.1. The Morgan fingerprint density at radius 3 is 2.72 bits per heavy atom. The molecule has 13 heteroatoms. The number of halogens is 2. The summed E-state index contributed by atoms with van der Waals surface area (Å²) in [6, 6.07) is 1.61. The average Bonchev–Trinajstić information content (AvgIpc) is 3.20. The summed E-state index contributed by atoms with van der Waals surface area (Å²) in [5.74, 6) is 0.0281. The van der Waals surface area contributed by atoms with E-state index in [2.05, 4.69) is 9.88 Å². The maximum Gasteiger partial charge on any atom is 0.285 e. The first-order valence-corrected chi connectivity index (χ1v) is 11.8. The molecule has 1 fully saturated rings. The molecule has 0 bridgehead atoms. The number of aromatic nitrogens is 2. The van der Waals surface area contributed by atoms with Crippen LogP contribution in [0.5, 0.6) is 0 Å². The molecular weight excluding hydrogens is 464 g/mol. The smallest absolute Gasteiger partial charge is 0.285 e. The first-order chi connectivity index (χ1) is 15.3. The monoisotopic (exact) mass is 489 g/mol. The number of ether oxygens (including phenoxy) is 2. The Morgan fingerprint density at radius 1 is 1.38 bits per heavy atom. The molecule has 3 rings (SSSR count). The molecule has 9 nitrogen and oxygen atoms in total. The van der Waals surface area contributed by atoms with Crippen LogP contribution in [-0.4, -0.2) is 74.2 Å². The summed E-state index contributed by atoms with van der Waals surface area (Å²) in [6.45, 7) is 2.60. The molecular formula is C19H25F2N5O4S2. The van der Waals surface area contributed by atoms with E-state index in [1.807, 2.05) is 0 Å². The number of nitrogens with zero attached hydrogens (tertiary/aromatic N) is 3. The van der Waals surface area contributed by atoms with Gasteiger partial charge in [-0.1, -0.05) is 0 Å². The van der Waals surface area contributed by atoms with Gasteiger partial charge in [0.2, 0.25) is 0 Å². The van der Waals surface area contributed by atoms with Crippen molar-refractivity contribution in [1.29, 1.82) is 10.8 Å². The standard InChI is InChI=1S/C19H25F2N5O4S2/c1-29-7-2-8-30-12-3-5-25(6-4-12)14-9-13(32(27)28)11-26-15(14)10-24-19(26)18(23)31-17(22)16(20)21/h9-12,16,22-23H,2-8H2,1H3,(H,27,28). The van der Waals surface area contributed by atoms with Crippen LogP contribution >= 0.6 is 11.8 Å². The van der Waals surface area contributed by atoms with Gasteiger partial charge in [0, 0.05) is 39.6 Å². The Morgan fingerprint density at radius 2 is 2.09 bits per heavy atom. The molecule has 1 aliphatic heterocycles. The summed E-state index contributed by atoms with van der Waals surface area (Å²) in [4.78, 5) is 6.33. The Hall–Kier alpha value is -1.93. The molecule has 0 saturated carbocycles. The van der Waals surface area contributed by atoms with E-state index < -0.39 is 22.5 Å². The number of imidazole rings is 1. The van der Waals surface area contributed by atoms with Gasteiger partial charge in [-0.05, 0) is 37.1 Å². The van der Waals surface area contributed by atoms with Crippen LogP contribution in [0, 0.1) is 10.8 Å². The largest absolute Gasteiger partial charge is 0.385 e. The Bertz CT molecular complexity index is 995. The van der Waals surface area contributed by atoms with Crippen LogP contribution in [0.15, 0.2) is 23.4 Å². The molecule has 1 unspecified atom stereocenters. The number of fused-ring (bicyclic) bond motifs is 1. The van der Waals surface area contributed by atoms with E-state index in [9.17, 15) is 17.5 Å². The predicted octanol–water partition coefficient (Wildman–Crippen LogP) is 3.24. The van der Waals surface area contributed by atoms with Crippen molar-refractivity contribution in [2.45, 2.75) is 36.7 Å². The molecule has 1 saturated heterocycles. The number of anilines is 1. The minimum Gasteiger partial charge on any atom is -0.385 e. The van der Waals surface area contributed by atoms with E-state index in [0.717, 1.165) is 19.3 Å². The SMILES string of the molecule is COCCCOC1CCN(c2cc(S(=O)O)cn3c(C(=N)SC(=N)C(F)F)ncc23)CC1. The Kier molecular flexibility index (Phi) is 8.71. The van der Waals surface area contributed by atoms with Gasteiger partial charge in [-0.2, -0.15) is 0 Å². The van der Waals surface area contributed by atoms with E-state index in [1.165, 1.54) is 16.8 Å². The van der Waals surface area contributed by atoms with Crippen LogP contribution in [0.1, 0.15) is 25.1 Å². The van der Waals surface area contributed by atoms with Crippen LogP contribution in [0.25, 0.3) is 5.52 Å². The van der Waals surface area contributed by atoms with Gasteiger partial charge in [-0.15, -0.1) is 0 Å². The molecule has 0 spiro atoms. The third kappa shape index (κ3) is 5.90. The lowest BCUT2D eigenvalue weighted by Crippen LogP contribution is -2.37. The van der Waals surface area contributed by atoms with Gasteiger partial charge in [0.25, 0.3) is 6.43 Å². The fourth-order valence-electron chi connectivity index (χ4n) is 3.49. The fourth-order valence-corrected chi connectivity index (χ4v) is 4.45. The number of rotatable bonds is 9. The maximum absolute atomic E-state index is 12.7. The van der Waals surface area contributed by atoms with Gasteiger partial charge < -0.3 is 18.9 Å². The first-order valence-electron chi connectivity index (χ1n) is 9.92. The van der Waals surface area contributed by atoms with E-state index >= 15 is 0 Å². The van der Waals surface area contributed by atoms with E-state index in [4.69, 9.17) is 20.3 Å². The maximum atomic E-state index is 12.7. The summed E-state index contributed by atoms with van der Waals surface area (Å²) in [6.07, 6.45) is 2.40. The number of methoxy groups -OCH3 is 1. The number of pyridine rings is 1. The number of piperidine rings is 1. The van der Waals surface area contributed by atoms with Crippen LogP contribution in [0.2, 0.25) is 0 Å². The van der Waals surface area contributed by atoms with Crippen LogP contribution < -0.4 is 4.90 Å². The van der Waals surface area contributed by atoms with E-state index in [0.29, 0.717) is 49.3 Å². The van der Waals surface area contributed by atoms with Crippen LogP contribution in [0.3, 0.4) is 0 Å². The lowest BCUT2D eigenvalue weighted by atomic mass is 10.1. The van der Waals surface area contributed by atoms with Gasteiger partial charge in [-0.25, -0.2) is 18.0 Å². The summed E-state index contributed by atoms with van der Waals surface area (Å²) in [5.41, 5.74) is 1.26. The molecule has 2 aromatic rings. The minimum atomic E-state index is -2.99. The van der Waals surface area contributed by atoms with Crippen LogP contribution in [0.4, 0.5) is 14.5 Å². The predicted molar refractivity (Wildman–Crippen MR) is 120 cm³/mol. The second kappa shape index (κ2) is 11.3. The average molecular weight is 490 g/mol. The second-order valence-electron chi connectivity index (χ2n) is 7.15. The molecule has 1 atom stereocenters. The number of hydrogen-bond donors (Lipinski definition) is 3. The topological polar surface area (TPSA) is 124 Å². The zero-order chi connectivity index (χ0) is 23.3. The molecule has 176 valence electrons. The van der Waals surface area contributed by atoms with Gasteiger partial charge in [0.05, 0.1) is 28.4 Å². The van der Waals surface area contributed by atoms with Gasteiger partial charge >= 0.3 is 0 Å². The highest BCUT2D eigenvalue weighted by Crippen LogP contribution is 2.30. The summed E-state index contributed by atoms with van der Waals surface area (Å²) in [7, 11) is 1.65. The highest BCUT2D eigenvalue weighted by molar-refractivity contribution is 8.26. The minimum absolute atomic E-state index is 0.0281. The lowest BCUT2D eigenvalue weighted by molar-refractivity contribution is 0.0258. The molecule has 1 aliphatic rings.